The highest BCUT2D eigenvalue weighted by molar-refractivity contribution is 6.08. The topological polar surface area (TPSA) is 61.2 Å². The zero-order valence-electron chi connectivity index (χ0n) is 12.9. The molecule has 0 aliphatic rings. The maximum absolute atomic E-state index is 12.6. The smallest absolute Gasteiger partial charge is 0.390 e. The van der Waals surface area contributed by atoms with Gasteiger partial charge in [0.25, 0.3) is 0 Å². The lowest BCUT2D eigenvalue weighted by Gasteiger charge is -2.19. The largest absolute Gasteiger partial charge is 0.465 e. The zero-order valence-corrected chi connectivity index (χ0v) is 12.9. The van der Waals surface area contributed by atoms with Gasteiger partial charge < -0.3 is 4.74 Å². The van der Waals surface area contributed by atoms with E-state index in [0.29, 0.717) is 0 Å². The van der Waals surface area contributed by atoms with Gasteiger partial charge in [0.2, 0.25) is 0 Å². The van der Waals surface area contributed by atoms with Gasteiger partial charge in [0.1, 0.15) is 5.92 Å². The number of halogens is 3. The number of carbonyl (C=O) groups is 2. The highest BCUT2D eigenvalue weighted by Crippen LogP contribution is 2.28. The minimum absolute atomic E-state index is 0.0442. The molecule has 1 rings (SSSR count). The Hall–Kier alpha value is -1.86. The van der Waals surface area contributed by atoms with Crippen molar-refractivity contribution in [3.05, 3.63) is 18.0 Å². The van der Waals surface area contributed by atoms with Gasteiger partial charge in [-0.1, -0.05) is 0 Å². The fraction of sp³-hybridized carbons (Fsp3) is 0.643. The molecule has 0 bridgehead atoms. The van der Waals surface area contributed by atoms with Crippen molar-refractivity contribution in [3.8, 4) is 0 Å². The summed E-state index contributed by atoms with van der Waals surface area (Å²) in [4.78, 5) is 23.9. The summed E-state index contributed by atoms with van der Waals surface area (Å²) in [5.74, 6) is -4.02. The lowest BCUT2D eigenvalue weighted by molar-refractivity contribution is -0.163. The van der Waals surface area contributed by atoms with Crippen LogP contribution in [0.5, 0.6) is 0 Å². The second kappa shape index (κ2) is 6.50. The molecular weight excluding hydrogens is 301 g/mol. The van der Waals surface area contributed by atoms with Crippen LogP contribution in [0.3, 0.4) is 0 Å². The Bertz CT molecular complexity index is 544. The second-order valence-electron chi connectivity index (χ2n) is 5.83. The summed E-state index contributed by atoms with van der Waals surface area (Å²) in [5, 5.41) is 3.96. The molecule has 22 heavy (non-hydrogen) atoms. The number of esters is 1. The van der Waals surface area contributed by atoms with Crippen LogP contribution >= 0.6 is 0 Å². The van der Waals surface area contributed by atoms with E-state index in [-0.39, 0.29) is 12.2 Å². The van der Waals surface area contributed by atoms with E-state index in [0.717, 1.165) is 6.20 Å². The van der Waals surface area contributed by atoms with Crippen molar-refractivity contribution in [1.82, 2.24) is 9.78 Å². The van der Waals surface area contributed by atoms with E-state index >= 15 is 0 Å². The summed E-state index contributed by atoms with van der Waals surface area (Å²) in [6.45, 7) is 6.85. The van der Waals surface area contributed by atoms with Crippen LogP contribution in [0.15, 0.2) is 12.4 Å². The number of ether oxygens (including phenoxy) is 1. The predicted molar refractivity (Wildman–Crippen MR) is 72.3 cm³/mol. The molecule has 1 heterocycles. The normalized spacial score (nSPS) is 13.8. The highest BCUT2D eigenvalue weighted by atomic mass is 19.4. The summed E-state index contributed by atoms with van der Waals surface area (Å²) in [7, 11) is 0. The van der Waals surface area contributed by atoms with Crippen molar-refractivity contribution in [2.75, 3.05) is 6.61 Å². The van der Waals surface area contributed by atoms with Crippen molar-refractivity contribution in [1.29, 1.82) is 0 Å². The van der Waals surface area contributed by atoms with E-state index in [1.54, 1.807) is 0 Å². The molecule has 0 aliphatic heterocycles. The van der Waals surface area contributed by atoms with Crippen molar-refractivity contribution in [2.45, 2.75) is 45.8 Å². The first-order valence-electron chi connectivity index (χ1n) is 6.78. The molecule has 0 spiro atoms. The van der Waals surface area contributed by atoms with Crippen LogP contribution in [-0.2, 0) is 15.1 Å². The second-order valence-corrected chi connectivity index (χ2v) is 5.83. The van der Waals surface area contributed by atoms with E-state index in [2.05, 4.69) is 9.84 Å². The van der Waals surface area contributed by atoms with Crippen LogP contribution in [0.2, 0.25) is 0 Å². The molecule has 1 atom stereocenters. The summed E-state index contributed by atoms with van der Waals surface area (Å²) in [5.41, 5.74) is -0.473. The van der Waals surface area contributed by atoms with Crippen molar-refractivity contribution in [3.63, 3.8) is 0 Å². The van der Waals surface area contributed by atoms with E-state index in [1.165, 1.54) is 17.8 Å². The summed E-state index contributed by atoms with van der Waals surface area (Å²) in [6.07, 6.45) is -3.69. The van der Waals surface area contributed by atoms with Gasteiger partial charge in [-0.15, -0.1) is 0 Å². The number of carbonyl (C=O) groups excluding carboxylic acids is 2. The molecule has 0 aliphatic carbocycles. The SMILES string of the molecule is CCOC(=O)C(CC(F)(F)F)C(=O)c1cnn(C(C)(C)C)c1. The minimum atomic E-state index is -4.65. The van der Waals surface area contributed by atoms with Crippen molar-refractivity contribution in [2.24, 2.45) is 5.92 Å². The van der Waals surface area contributed by atoms with Crippen LogP contribution < -0.4 is 0 Å². The molecular formula is C14H19F3N2O3. The zero-order chi connectivity index (χ0) is 17.1. The number of alkyl halides is 3. The number of hydrogen-bond donors (Lipinski definition) is 0. The Morgan fingerprint density at radius 2 is 1.91 bits per heavy atom. The minimum Gasteiger partial charge on any atom is -0.465 e. The third-order valence-corrected chi connectivity index (χ3v) is 2.88. The van der Waals surface area contributed by atoms with Crippen LogP contribution in [-0.4, -0.2) is 34.3 Å². The third-order valence-electron chi connectivity index (χ3n) is 2.88. The van der Waals surface area contributed by atoms with Gasteiger partial charge in [0.05, 0.1) is 30.3 Å². The van der Waals surface area contributed by atoms with Gasteiger partial charge in [-0.25, -0.2) is 0 Å². The molecule has 0 radical (unpaired) electrons. The summed E-state index contributed by atoms with van der Waals surface area (Å²) < 4.78 is 43.8. The standard InChI is InChI=1S/C14H19F3N2O3/c1-5-22-12(21)10(6-14(15,16)17)11(20)9-7-18-19(8-9)13(2,3)4/h7-8,10H,5-6H2,1-4H3. The van der Waals surface area contributed by atoms with Crippen molar-refractivity contribution < 1.29 is 27.5 Å². The van der Waals surface area contributed by atoms with E-state index in [9.17, 15) is 22.8 Å². The quantitative estimate of drug-likeness (QED) is 0.475. The van der Waals surface area contributed by atoms with Crippen LogP contribution in [0, 0.1) is 5.92 Å². The monoisotopic (exact) mass is 320 g/mol. The average Bonchev–Trinajstić information content (AvgIpc) is 2.83. The first-order valence-corrected chi connectivity index (χ1v) is 6.78. The Morgan fingerprint density at radius 1 is 1.32 bits per heavy atom. The predicted octanol–water partition coefficient (Wildman–Crippen LogP) is 2.95. The maximum atomic E-state index is 12.6. The van der Waals surface area contributed by atoms with Crippen LogP contribution in [0.25, 0.3) is 0 Å². The lowest BCUT2D eigenvalue weighted by atomic mass is 9.96. The summed E-state index contributed by atoms with van der Waals surface area (Å²) >= 11 is 0. The molecule has 1 aromatic heterocycles. The number of ketones is 1. The van der Waals surface area contributed by atoms with Gasteiger partial charge in [-0.05, 0) is 27.7 Å². The Morgan fingerprint density at radius 3 is 2.32 bits per heavy atom. The Kier molecular flexibility index (Phi) is 5.37. The molecule has 0 saturated carbocycles. The number of hydrogen-bond acceptors (Lipinski definition) is 4. The van der Waals surface area contributed by atoms with E-state index in [4.69, 9.17) is 0 Å². The first-order chi connectivity index (χ1) is 9.95. The maximum Gasteiger partial charge on any atom is 0.390 e. The van der Waals surface area contributed by atoms with Crippen LogP contribution in [0.4, 0.5) is 13.2 Å². The number of rotatable bonds is 5. The molecule has 8 heteroatoms. The van der Waals surface area contributed by atoms with Gasteiger partial charge >= 0.3 is 12.1 Å². The van der Waals surface area contributed by atoms with E-state index in [1.807, 2.05) is 20.8 Å². The lowest BCUT2D eigenvalue weighted by Crippen LogP contribution is -2.31. The van der Waals surface area contributed by atoms with Gasteiger partial charge in [0.15, 0.2) is 5.78 Å². The molecule has 0 fully saturated rings. The fourth-order valence-corrected chi connectivity index (χ4v) is 1.78. The Labute approximate surface area is 126 Å². The average molecular weight is 320 g/mol. The van der Waals surface area contributed by atoms with Gasteiger partial charge in [-0.3, -0.25) is 14.3 Å². The molecule has 0 aromatic carbocycles. The third kappa shape index (κ3) is 4.85. The van der Waals surface area contributed by atoms with Crippen molar-refractivity contribution >= 4 is 11.8 Å². The molecule has 1 aromatic rings. The molecule has 0 amide bonds. The van der Waals surface area contributed by atoms with E-state index < -0.39 is 35.8 Å². The molecule has 5 nitrogen and oxygen atoms in total. The van der Waals surface area contributed by atoms with Crippen LogP contribution in [0.1, 0.15) is 44.5 Å². The molecule has 0 N–H and O–H groups in total. The number of Topliss-reactive ketones (excluding diaryl/α,β-unsaturated/α-hetero) is 1. The highest BCUT2D eigenvalue weighted by Gasteiger charge is 2.41. The summed E-state index contributed by atoms with van der Waals surface area (Å²) in [6, 6.07) is 0. The fourth-order valence-electron chi connectivity index (χ4n) is 1.78. The molecule has 124 valence electrons. The van der Waals surface area contributed by atoms with Gasteiger partial charge in [0, 0.05) is 6.20 Å². The molecule has 1 unspecified atom stereocenters. The number of aromatic nitrogens is 2. The first kappa shape index (κ1) is 18.2. The van der Waals surface area contributed by atoms with Gasteiger partial charge in [-0.2, -0.15) is 18.3 Å². The number of nitrogens with zero attached hydrogens (tertiary/aromatic N) is 2. The molecule has 0 saturated heterocycles. The Balaban J connectivity index is 3.06.